The third-order valence-corrected chi connectivity index (χ3v) is 15.5. The molecule has 14 N–H and O–H groups in total. The van der Waals surface area contributed by atoms with Crippen molar-refractivity contribution < 1.29 is 167 Å². The van der Waals surface area contributed by atoms with Gasteiger partial charge in [0.15, 0.2) is 48.9 Å². The van der Waals surface area contributed by atoms with E-state index in [9.17, 15) is 95.5 Å². The van der Waals surface area contributed by atoms with Gasteiger partial charge in [-0.25, -0.2) is 14.4 Å². The van der Waals surface area contributed by atoms with Crippen LogP contribution >= 0.6 is 0 Å². The van der Waals surface area contributed by atoms with Crippen LogP contribution in [0.4, 0.5) is 0 Å². The van der Waals surface area contributed by atoms with Crippen molar-refractivity contribution in [3.63, 3.8) is 0 Å². The number of aliphatic hydroxyl groups excluding tert-OH is 12. The number of esters is 5. The Morgan fingerprint density at radius 3 is 1.63 bits per heavy atom. The molecule has 0 aromatic heterocycles. The zero-order valence-electron chi connectivity index (χ0n) is 50.2. The molecule has 3 aromatic carbocycles. The van der Waals surface area contributed by atoms with Gasteiger partial charge in [0.2, 0.25) is 5.79 Å². The second-order valence-electron chi connectivity index (χ2n) is 22.0. The number of rotatable bonds is 25. The molecule has 0 spiro atoms. The number of phenols is 2. The Balaban J connectivity index is 1.33. The molecule has 5 fully saturated rings. The van der Waals surface area contributed by atoms with Gasteiger partial charge in [-0.1, -0.05) is 36.4 Å². The number of hydrogen-bond donors (Lipinski definition) is 14. The molecule has 518 valence electrons. The van der Waals surface area contributed by atoms with E-state index < -0.39 is 216 Å². The minimum absolute atomic E-state index is 0.0445. The second kappa shape index (κ2) is 32.7. The Kier molecular flexibility index (Phi) is 25.3. The summed E-state index contributed by atoms with van der Waals surface area (Å²) < 4.78 is 89.2. The normalized spacial score (nSPS) is 36.0. The van der Waals surface area contributed by atoms with Gasteiger partial charge in [-0.2, -0.15) is 0 Å². The third kappa shape index (κ3) is 17.4. The highest BCUT2D eigenvalue weighted by Crippen LogP contribution is 2.43. The van der Waals surface area contributed by atoms with Crippen molar-refractivity contribution in [1.82, 2.24) is 0 Å². The highest BCUT2D eigenvalue weighted by atomic mass is 16.8. The van der Waals surface area contributed by atoms with Gasteiger partial charge in [-0.3, -0.25) is 9.59 Å². The Morgan fingerprint density at radius 2 is 1.03 bits per heavy atom. The van der Waals surface area contributed by atoms with E-state index in [0.29, 0.717) is 5.56 Å². The molecule has 94 heavy (non-hydrogen) atoms. The largest absolute Gasteiger partial charge is 0.508 e. The summed E-state index contributed by atoms with van der Waals surface area (Å²) >= 11 is 0. The SMILES string of the molecule is COc1cc(C=CC(=O)OC2C(COC(C)=O)OC(OC3OC(CO)C(O)C(O)C3O)C(OC3(COC(=O)C=Cc4ccc(O)cc4)OC(CO)C(O)C3OC(=O)c3ccccc3)C2OC2OC(COC(C)=O)C(O)C(OC3OC(CO)C(O)C(O)C3O)C2O)ccc1O. The molecule has 0 amide bonds. The summed E-state index contributed by atoms with van der Waals surface area (Å²) in [5.41, 5.74) is 0.365. The van der Waals surface area contributed by atoms with Crippen LogP contribution in [0.1, 0.15) is 35.3 Å². The molecular weight excluding hydrogens is 1260 g/mol. The average Bonchev–Trinajstić information content (AvgIpc) is 1.39. The predicted octanol–water partition coefficient (Wildman–Crippen LogP) is -4.97. The number of carbonyl (C=O) groups is 5. The number of methoxy groups -OCH3 is 1. The summed E-state index contributed by atoms with van der Waals surface area (Å²) in [7, 11) is 1.24. The zero-order chi connectivity index (χ0) is 68.3. The zero-order valence-corrected chi connectivity index (χ0v) is 50.2. The highest BCUT2D eigenvalue weighted by molar-refractivity contribution is 5.90. The summed E-state index contributed by atoms with van der Waals surface area (Å²) in [6.07, 6.45) is -45.9. The smallest absolute Gasteiger partial charge is 0.338 e. The fourth-order valence-electron chi connectivity index (χ4n) is 10.5. The van der Waals surface area contributed by atoms with E-state index in [0.717, 1.165) is 32.1 Å². The molecular formula is C60H74O34. The van der Waals surface area contributed by atoms with Gasteiger partial charge in [-0.05, 0) is 59.7 Å². The van der Waals surface area contributed by atoms with E-state index in [-0.39, 0.29) is 28.4 Å². The van der Waals surface area contributed by atoms with Crippen LogP contribution in [0.2, 0.25) is 0 Å². The molecule has 8 rings (SSSR count). The number of aromatic hydroxyl groups is 2. The lowest BCUT2D eigenvalue weighted by molar-refractivity contribution is -0.422. The van der Waals surface area contributed by atoms with Crippen LogP contribution in [0, 0.1) is 0 Å². The predicted molar refractivity (Wildman–Crippen MR) is 304 cm³/mol. The quantitative estimate of drug-likeness (QED) is 0.0215. The van der Waals surface area contributed by atoms with Gasteiger partial charge < -0.3 is 143 Å². The average molecular weight is 1340 g/mol. The van der Waals surface area contributed by atoms with Crippen LogP contribution < -0.4 is 4.74 Å². The molecule has 5 aliphatic rings. The fourth-order valence-corrected chi connectivity index (χ4v) is 10.5. The van der Waals surface area contributed by atoms with E-state index >= 15 is 0 Å². The third-order valence-electron chi connectivity index (χ3n) is 15.5. The maximum atomic E-state index is 14.5. The Bertz CT molecular complexity index is 3060. The topological polar surface area (TPSA) is 507 Å². The van der Waals surface area contributed by atoms with E-state index in [1.54, 1.807) is 0 Å². The summed E-state index contributed by atoms with van der Waals surface area (Å²) in [5, 5.41) is 154. The molecule has 0 radical (unpaired) electrons. The number of ether oxygens (including phenoxy) is 15. The lowest BCUT2D eigenvalue weighted by Crippen LogP contribution is -2.69. The molecule has 0 saturated carbocycles. The summed E-state index contributed by atoms with van der Waals surface area (Å²) in [4.78, 5) is 67.8. The molecule has 34 nitrogen and oxygen atoms in total. The monoisotopic (exact) mass is 1340 g/mol. The first kappa shape index (κ1) is 72.9. The van der Waals surface area contributed by atoms with Crippen molar-refractivity contribution in [1.29, 1.82) is 0 Å². The number of carbonyl (C=O) groups excluding carboxylic acids is 5. The lowest BCUT2D eigenvalue weighted by Gasteiger charge is -2.51. The van der Waals surface area contributed by atoms with Crippen molar-refractivity contribution in [3.05, 3.63) is 102 Å². The Morgan fingerprint density at radius 1 is 0.500 bits per heavy atom. The molecule has 3 aromatic rings. The van der Waals surface area contributed by atoms with Crippen molar-refractivity contribution in [2.45, 2.75) is 161 Å². The van der Waals surface area contributed by atoms with Gasteiger partial charge in [-0.15, -0.1) is 0 Å². The fraction of sp³-hybridized carbons (Fsp3) is 0.550. The minimum atomic E-state index is -3.09. The van der Waals surface area contributed by atoms with Crippen LogP contribution in [0.5, 0.6) is 17.2 Å². The van der Waals surface area contributed by atoms with Crippen LogP contribution in [-0.2, 0) is 85.5 Å². The molecule has 0 bridgehead atoms. The first-order valence-corrected chi connectivity index (χ1v) is 29.1. The highest BCUT2D eigenvalue weighted by Gasteiger charge is 2.65. The summed E-state index contributed by atoms with van der Waals surface area (Å²) in [6.45, 7) is -4.55. The maximum Gasteiger partial charge on any atom is 0.338 e. The Hall–Kier alpha value is -6.95. The number of phenolic OH excluding ortho intramolecular Hbond substituents is 2. The number of aliphatic hydroxyl groups is 12. The number of hydrogen-bond acceptors (Lipinski definition) is 34. The Labute approximate surface area is 533 Å². The summed E-state index contributed by atoms with van der Waals surface area (Å²) in [5.74, 6) is -9.36. The molecule has 5 aliphatic heterocycles. The van der Waals surface area contributed by atoms with E-state index in [2.05, 4.69) is 0 Å². The minimum Gasteiger partial charge on any atom is -0.508 e. The number of benzene rings is 3. The van der Waals surface area contributed by atoms with Crippen molar-refractivity contribution in [2.24, 2.45) is 0 Å². The lowest BCUT2D eigenvalue weighted by atomic mass is 9.95. The van der Waals surface area contributed by atoms with Crippen LogP contribution in [-0.4, -0.2) is 295 Å². The van der Waals surface area contributed by atoms with Gasteiger partial charge in [0, 0.05) is 26.0 Å². The summed E-state index contributed by atoms with van der Waals surface area (Å²) in [6, 6.07) is 16.3. The van der Waals surface area contributed by atoms with Crippen molar-refractivity contribution in [3.8, 4) is 17.2 Å². The molecule has 24 atom stereocenters. The standard InChI is InChI=1S/C60H74O34/c1-26(64)81-23-37-43(72)51(89-56-47(76)45(74)41(70)34(20-61)84-56)49(78)58(86-37)90-52-50(88-40(69)18-13-29-11-16-32(67)33(19-29)80-3)38(24-82-27(2)65)87-59(92-57-48(77)46(75)42(71)35(21-62)85-57)53(52)94-60(25-83-39(68)17-12-28-9-14-31(66)15-10-28)54(44(73)36(22-63)93-60)91-55(79)30-7-5-4-6-8-30/h4-19,34-38,41-54,56-59,61-63,66-67,70-78H,20-25H2,1-3H3. The van der Waals surface area contributed by atoms with Gasteiger partial charge >= 0.3 is 29.8 Å². The molecule has 24 unspecified atom stereocenters. The first-order valence-electron chi connectivity index (χ1n) is 29.1. The van der Waals surface area contributed by atoms with Gasteiger partial charge in [0.1, 0.15) is 129 Å². The van der Waals surface area contributed by atoms with Gasteiger partial charge in [0.25, 0.3) is 0 Å². The van der Waals surface area contributed by atoms with Crippen LogP contribution in [0.3, 0.4) is 0 Å². The molecule has 5 heterocycles. The van der Waals surface area contributed by atoms with E-state index in [1.165, 1.54) is 86.0 Å². The van der Waals surface area contributed by atoms with Crippen molar-refractivity contribution >= 4 is 42.0 Å². The van der Waals surface area contributed by atoms with Crippen LogP contribution in [0.15, 0.2) is 84.9 Å². The van der Waals surface area contributed by atoms with Gasteiger partial charge in [0.05, 0.1) is 32.5 Å². The van der Waals surface area contributed by atoms with E-state index in [4.69, 9.17) is 71.1 Å². The van der Waals surface area contributed by atoms with E-state index in [1.807, 2.05) is 0 Å². The second-order valence-corrected chi connectivity index (χ2v) is 22.0. The molecule has 0 aliphatic carbocycles. The maximum absolute atomic E-state index is 14.5. The first-order chi connectivity index (χ1) is 44.8. The van der Waals surface area contributed by atoms with Crippen molar-refractivity contribution in [2.75, 3.05) is 46.8 Å². The van der Waals surface area contributed by atoms with Crippen LogP contribution in [0.25, 0.3) is 12.2 Å². The molecule has 5 saturated heterocycles. The molecule has 34 heteroatoms.